The molecule has 9 heteroatoms. The van der Waals surface area contributed by atoms with E-state index in [-0.39, 0.29) is 16.3 Å². The van der Waals surface area contributed by atoms with Crippen LogP contribution in [0, 0.1) is 0 Å². The molecule has 0 aliphatic rings. The molecule has 1 rings (SSSR count). The lowest BCUT2D eigenvalue weighted by molar-refractivity contribution is -0.115. The van der Waals surface area contributed by atoms with Gasteiger partial charge in [-0.15, -0.1) is 10.2 Å². The zero-order valence-electron chi connectivity index (χ0n) is 6.44. The Kier molecular flexibility index (Phi) is 3.33. The third kappa shape index (κ3) is 3.51. The molecule has 0 amide bonds. The van der Waals surface area contributed by atoms with Crippen molar-refractivity contribution in [1.29, 1.82) is 0 Å². The SMILES string of the molecule is FC(F)(F)CNc1nc(Cl)nnc1Cl. The van der Waals surface area contributed by atoms with Crippen LogP contribution in [-0.4, -0.2) is 27.9 Å². The molecule has 4 nitrogen and oxygen atoms in total. The molecule has 0 radical (unpaired) electrons. The molecule has 1 aromatic rings. The maximum absolute atomic E-state index is 11.8. The van der Waals surface area contributed by atoms with E-state index in [1.807, 2.05) is 5.32 Å². The summed E-state index contributed by atoms with van der Waals surface area (Å²) in [5.41, 5.74) is 0. The zero-order valence-corrected chi connectivity index (χ0v) is 7.95. The van der Waals surface area contributed by atoms with E-state index in [0.717, 1.165) is 0 Å². The highest BCUT2D eigenvalue weighted by Crippen LogP contribution is 2.20. The fourth-order valence-corrected chi connectivity index (χ4v) is 0.859. The van der Waals surface area contributed by atoms with Gasteiger partial charge in [-0.3, -0.25) is 0 Å². The van der Waals surface area contributed by atoms with Crippen LogP contribution in [0.1, 0.15) is 0 Å². The molecule has 14 heavy (non-hydrogen) atoms. The van der Waals surface area contributed by atoms with Crippen LogP contribution in [-0.2, 0) is 0 Å². The standard InChI is InChI=1S/C5H3Cl2F3N4/c6-2-3(11-1-5(8,9)10)12-4(7)14-13-2/h1H2,(H,11,12,14). The van der Waals surface area contributed by atoms with Crippen LogP contribution < -0.4 is 5.32 Å². The van der Waals surface area contributed by atoms with Crippen molar-refractivity contribution in [1.82, 2.24) is 15.2 Å². The summed E-state index contributed by atoms with van der Waals surface area (Å²) in [6.45, 7) is -1.26. The number of aromatic nitrogens is 3. The molecule has 1 heterocycles. The van der Waals surface area contributed by atoms with Gasteiger partial charge in [0.25, 0.3) is 0 Å². The molecule has 1 N–H and O–H groups in total. The summed E-state index contributed by atoms with van der Waals surface area (Å²) in [5.74, 6) is -0.246. The van der Waals surface area contributed by atoms with Crippen molar-refractivity contribution >= 4 is 29.0 Å². The van der Waals surface area contributed by atoms with Crippen molar-refractivity contribution in [3.63, 3.8) is 0 Å². The van der Waals surface area contributed by atoms with Gasteiger partial charge in [0.2, 0.25) is 5.28 Å². The second-order valence-corrected chi connectivity index (χ2v) is 2.89. The van der Waals surface area contributed by atoms with Crippen LogP contribution in [0.4, 0.5) is 19.0 Å². The fourth-order valence-electron chi connectivity index (χ4n) is 0.590. The molecule has 0 fully saturated rings. The maximum Gasteiger partial charge on any atom is 0.405 e. The van der Waals surface area contributed by atoms with Crippen LogP contribution >= 0.6 is 23.2 Å². The third-order valence-electron chi connectivity index (χ3n) is 1.08. The second-order valence-electron chi connectivity index (χ2n) is 2.19. The predicted octanol–water partition coefficient (Wildman–Crippen LogP) is 2.15. The molecule has 1 aromatic heterocycles. The van der Waals surface area contributed by atoms with E-state index in [1.165, 1.54) is 0 Å². The minimum absolute atomic E-state index is 0.246. The first kappa shape index (κ1) is 11.3. The number of halogens is 5. The van der Waals surface area contributed by atoms with Crippen molar-refractivity contribution in [2.24, 2.45) is 0 Å². The normalized spacial score (nSPS) is 11.5. The summed E-state index contributed by atoms with van der Waals surface area (Å²) in [6, 6.07) is 0. The molecule has 0 atom stereocenters. The van der Waals surface area contributed by atoms with Gasteiger partial charge in [-0.2, -0.15) is 18.2 Å². The Bertz CT molecular complexity index is 329. The van der Waals surface area contributed by atoms with E-state index in [2.05, 4.69) is 15.2 Å². The Balaban J connectivity index is 2.72. The number of anilines is 1. The third-order valence-corrected chi connectivity index (χ3v) is 1.49. The van der Waals surface area contributed by atoms with E-state index in [4.69, 9.17) is 23.2 Å². The Morgan fingerprint density at radius 1 is 1.21 bits per heavy atom. The van der Waals surface area contributed by atoms with Crippen LogP contribution in [0.5, 0.6) is 0 Å². The van der Waals surface area contributed by atoms with Crippen molar-refractivity contribution in [3.8, 4) is 0 Å². The van der Waals surface area contributed by atoms with E-state index < -0.39 is 12.7 Å². The first-order valence-electron chi connectivity index (χ1n) is 3.25. The summed E-state index contributed by atoms with van der Waals surface area (Å²) in [7, 11) is 0. The summed E-state index contributed by atoms with van der Waals surface area (Å²) >= 11 is 10.7. The second kappa shape index (κ2) is 4.14. The first-order valence-corrected chi connectivity index (χ1v) is 4.00. The van der Waals surface area contributed by atoms with Crippen LogP contribution in [0.15, 0.2) is 0 Å². The summed E-state index contributed by atoms with van der Waals surface area (Å²) < 4.78 is 35.3. The Hall–Kier alpha value is -0.820. The smallest absolute Gasteiger partial charge is 0.358 e. The first-order chi connectivity index (χ1) is 6.38. The molecule has 0 saturated carbocycles. The molecule has 0 aliphatic heterocycles. The molecule has 0 saturated heterocycles. The van der Waals surface area contributed by atoms with E-state index >= 15 is 0 Å². The molecule has 0 bridgehead atoms. The quantitative estimate of drug-likeness (QED) is 0.869. The largest absolute Gasteiger partial charge is 0.405 e. The Morgan fingerprint density at radius 3 is 2.43 bits per heavy atom. The number of hydrogen-bond acceptors (Lipinski definition) is 4. The van der Waals surface area contributed by atoms with Gasteiger partial charge in [0.15, 0.2) is 11.0 Å². The highest BCUT2D eigenvalue weighted by molar-refractivity contribution is 6.32. The summed E-state index contributed by atoms with van der Waals surface area (Å²) in [6.07, 6.45) is -4.36. The number of alkyl halides is 3. The molecule has 0 aliphatic carbocycles. The van der Waals surface area contributed by atoms with E-state index in [1.54, 1.807) is 0 Å². The average Bonchev–Trinajstić information content (AvgIpc) is 2.05. The molecule has 0 aromatic carbocycles. The van der Waals surface area contributed by atoms with E-state index in [9.17, 15) is 13.2 Å². The molecular formula is C5H3Cl2F3N4. The number of hydrogen-bond donors (Lipinski definition) is 1. The molecular weight excluding hydrogens is 244 g/mol. The summed E-state index contributed by atoms with van der Waals surface area (Å²) in [5, 5.41) is 7.90. The van der Waals surface area contributed by atoms with Crippen LogP contribution in [0.2, 0.25) is 10.4 Å². The molecule has 0 spiro atoms. The minimum Gasteiger partial charge on any atom is -0.358 e. The summed E-state index contributed by atoms with van der Waals surface area (Å²) in [4.78, 5) is 3.42. The highest BCUT2D eigenvalue weighted by atomic mass is 35.5. The number of nitrogens with one attached hydrogen (secondary N) is 1. The molecule has 0 unspecified atom stereocenters. The Labute approximate surface area is 86.4 Å². The highest BCUT2D eigenvalue weighted by Gasteiger charge is 2.27. The molecule has 78 valence electrons. The minimum atomic E-state index is -4.36. The van der Waals surface area contributed by atoms with Gasteiger partial charge in [-0.1, -0.05) is 11.6 Å². The topological polar surface area (TPSA) is 50.7 Å². The lowest BCUT2D eigenvalue weighted by Crippen LogP contribution is -2.22. The van der Waals surface area contributed by atoms with Gasteiger partial charge in [-0.25, -0.2) is 0 Å². The van der Waals surface area contributed by atoms with Gasteiger partial charge in [-0.05, 0) is 11.6 Å². The van der Waals surface area contributed by atoms with Crippen LogP contribution in [0.25, 0.3) is 0 Å². The van der Waals surface area contributed by atoms with Gasteiger partial charge in [0.05, 0.1) is 0 Å². The predicted molar refractivity (Wildman–Crippen MR) is 44.4 cm³/mol. The van der Waals surface area contributed by atoms with Crippen molar-refractivity contribution < 1.29 is 13.2 Å². The van der Waals surface area contributed by atoms with Gasteiger partial charge >= 0.3 is 6.18 Å². The lowest BCUT2D eigenvalue weighted by atomic mass is 10.6. The Morgan fingerprint density at radius 2 is 1.86 bits per heavy atom. The zero-order chi connectivity index (χ0) is 10.8. The number of nitrogens with zero attached hydrogens (tertiary/aromatic N) is 3. The lowest BCUT2D eigenvalue weighted by Gasteiger charge is -2.08. The van der Waals surface area contributed by atoms with Gasteiger partial charge in [0, 0.05) is 0 Å². The van der Waals surface area contributed by atoms with Gasteiger partial charge in [0.1, 0.15) is 6.54 Å². The van der Waals surface area contributed by atoms with Gasteiger partial charge < -0.3 is 5.32 Å². The number of rotatable bonds is 2. The van der Waals surface area contributed by atoms with Crippen molar-refractivity contribution in [3.05, 3.63) is 10.4 Å². The van der Waals surface area contributed by atoms with Crippen LogP contribution in [0.3, 0.4) is 0 Å². The van der Waals surface area contributed by atoms with Crippen molar-refractivity contribution in [2.75, 3.05) is 11.9 Å². The average molecular weight is 247 g/mol. The monoisotopic (exact) mass is 246 g/mol. The fraction of sp³-hybridized carbons (Fsp3) is 0.400. The maximum atomic E-state index is 11.8. The van der Waals surface area contributed by atoms with E-state index in [0.29, 0.717) is 0 Å². The van der Waals surface area contributed by atoms with Crippen molar-refractivity contribution in [2.45, 2.75) is 6.18 Å².